The standard InChI is InChI=1S/C29H35N7O2/c1-35(2)18-6-9-25(37)33-21-12-14-22(15-13-21)36-29-26(28(30)31-19-32-29)27(34-36)20-10-16-24(17-11-20)38-23-7-4-3-5-8-23/h3-11,16-17,19,21-22,25,33,37H,12-15,18H2,1-2H3,(H2,30,31,32)/b9-6+. The van der Waals surface area contributed by atoms with Crippen LogP contribution < -0.4 is 15.8 Å². The van der Waals surface area contributed by atoms with Crippen molar-refractivity contribution in [1.29, 1.82) is 0 Å². The summed E-state index contributed by atoms with van der Waals surface area (Å²) < 4.78 is 7.96. The van der Waals surface area contributed by atoms with Gasteiger partial charge in [0, 0.05) is 18.2 Å². The Kier molecular flexibility index (Phi) is 7.97. The van der Waals surface area contributed by atoms with Crippen molar-refractivity contribution in [2.45, 2.75) is 44.0 Å². The van der Waals surface area contributed by atoms with Gasteiger partial charge in [-0.3, -0.25) is 5.32 Å². The van der Waals surface area contributed by atoms with Crippen molar-refractivity contribution in [2.24, 2.45) is 0 Å². The molecule has 2 heterocycles. The number of nitrogen functional groups attached to an aromatic ring is 1. The summed E-state index contributed by atoms with van der Waals surface area (Å²) >= 11 is 0. The van der Waals surface area contributed by atoms with E-state index < -0.39 is 6.23 Å². The molecule has 1 atom stereocenters. The summed E-state index contributed by atoms with van der Waals surface area (Å²) in [6.45, 7) is 0.800. The number of aliphatic hydroxyl groups excluding tert-OH is 1. The van der Waals surface area contributed by atoms with Crippen LogP contribution >= 0.6 is 0 Å². The summed E-state index contributed by atoms with van der Waals surface area (Å²) in [4.78, 5) is 10.9. The van der Waals surface area contributed by atoms with Crippen LogP contribution in [0.5, 0.6) is 11.5 Å². The first-order valence-corrected chi connectivity index (χ1v) is 13.1. The fraction of sp³-hybridized carbons (Fsp3) is 0.345. The number of hydrogen-bond donors (Lipinski definition) is 3. The number of hydrogen-bond acceptors (Lipinski definition) is 8. The average Bonchev–Trinajstić information content (AvgIpc) is 3.31. The molecule has 0 saturated heterocycles. The van der Waals surface area contributed by atoms with Gasteiger partial charge >= 0.3 is 0 Å². The van der Waals surface area contributed by atoms with E-state index in [4.69, 9.17) is 15.6 Å². The number of nitrogens with two attached hydrogens (primary N) is 1. The highest BCUT2D eigenvalue weighted by Gasteiger charge is 2.27. The number of aliphatic hydroxyl groups is 1. The summed E-state index contributed by atoms with van der Waals surface area (Å²) in [6, 6.07) is 18.0. The minimum Gasteiger partial charge on any atom is -0.457 e. The molecule has 198 valence electrons. The Balaban J connectivity index is 1.31. The summed E-state index contributed by atoms with van der Waals surface area (Å²) in [5, 5.41) is 19.4. The first-order chi connectivity index (χ1) is 18.5. The quantitative estimate of drug-likeness (QED) is 0.223. The number of likely N-dealkylation sites (N-methyl/N-ethyl adjacent to an activating group) is 1. The highest BCUT2D eigenvalue weighted by Crippen LogP contribution is 2.36. The number of nitrogens with zero attached hydrogens (tertiary/aromatic N) is 5. The predicted molar refractivity (Wildman–Crippen MR) is 150 cm³/mol. The third-order valence-corrected chi connectivity index (χ3v) is 6.86. The summed E-state index contributed by atoms with van der Waals surface area (Å²) in [5.41, 5.74) is 8.78. The van der Waals surface area contributed by atoms with Crippen LogP contribution in [0, 0.1) is 0 Å². The van der Waals surface area contributed by atoms with E-state index in [2.05, 4.69) is 20.2 Å². The molecule has 5 rings (SSSR count). The van der Waals surface area contributed by atoms with Crippen LogP contribution in [0.25, 0.3) is 22.3 Å². The van der Waals surface area contributed by atoms with Crippen LogP contribution in [0.1, 0.15) is 31.7 Å². The molecule has 0 radical (unpaired) electrons. The fourth-order valence-corrected chi connectivity index (χ4v) is 4.94. The second kappa shape index (κ2) is 11.7. The number of benzene rings is 2. The largest absolute Gasteiger partial charge is 0.457 e. The van der Waals surface area contributed by atoms with Crippen molar-refractivity contribution in [3.8, 4) is 22.8 Å². The maximum absolute atomic E-state index is 10.3. The van der Waals surface area contributed by atoms with Crippen LogP contribution in [-0.2, 0) is 0 Å². The first kappa shape index (κ1) is 25.8. The molecule has 9 heteroatoms. The lowest BCUT2D eigenvalue weighted by atomic mass is 9.91. The molecule has 1 aliphatic rings. The molecule has 0 amide bonds. The van der Waals surface area contributed by atoms with Crippen LogP contribution in [0.3, 0.4) is 0 Å². The van der Waals surface area contributed by atoms with Crippen LogP contribution in [0.2, 0.25) is 0 Å². The van der Waals surface area contributed by atoms with Crippen molar-refractivity contribution in [3.05, 3.63) is 73.1 Å². The third kappa shape index (κ3) is 6.02. The summed E-state index contributed by atoms with van der Waals surface area (Å²) in [7, 11) is 4.01. The van der Waals surface area contributed by atoms with Gasteiger partial charge in [-0.25, -0.2) is 14.6 Å². The molecular formula is C29H35N7O2. The van der Waals surface area contributed by atoms with E-state index in [1.807, 2.05) is 85.5 Å². The van der Waals surface area contributed by atoms with Gasteiger partial charge in [0.15, 0.2) is 5.65 Å². The molecule has 1 aliphatic carbocycles. The smallest absolute Gasteiger partial charge is 0.164 e. The number of anilines is 1. The zero-order valence-electron chi connectivity index (χ0n) is 21.9. The van der Waals surface area contributed by atoms with Crippen molar-refractivity contribution in [2.75, 3.05) is 26.4 Å². The average molecular weight is 514 g/mol. The predicted octanol–water partition coefficient (Wildman–Crippen LogP) is 4.38. The van der Waals surface area contributed by atoms with E-state index in [0.29, 0.717) is 5.82 Å². The normalized spacial score (nSPS) is 18.8. The lowest BCUT2D eigenvalue weighted by Crippen LogP contribution is -2.40. The Morgan fingerprint density at radius 2 is 1.76 bits per heavy atom. The molecule has 0 spiro atoms. The van der Waals surface area contributed by atoms with Gasteiger partial charge in [-0.05, 0) is 82.3 Å². The molecule has 0 bridgehead atoms. The second-order valence-corrected chi connectivity index (χ2v) is 10.00. The minimum atomic E-state index is -0.644. The van der Waals surface area contributed by atoms with Crippen molar-refractivity contribution in [1.82, 2.24) is 30.0 Å². The van der Waals surface area contributed by atoms with E-state index in [9.17, 15) is 5.11 Å². The first-order valence-electron chi connectivity index (χ1n) is 13.1. The highest BCUT2D eigenvalue weighted by molar-refractivity contribution is 5.98. The van der Waals surface area contributed by atoms with Crippen molar-refractivity contribution < 1.29 is 9.84 Å². The van der Waals surface area contributed by atoms with Crippen LogP contribution in [0.15, 0.2) is 73.1 Å². The van der Waals surface area contributed by atoms with Gasteiger partial charge in [-0.15, -0.1) is 0 Å². The van der Waals surface area contributed by atoms with Gasteiger partial charge in [-0.1, -0.05) is 24.3 Å². The van der Waals surface area contributed by atoms with E-state index >= 15 is 0 Å². The minimum absolute atomic E-state index is 0.195. The zero-order valence-corrected chi connectivity index (χ0v) is 21.9. The molecular weight excluding hydrogens is 478 g/mol. The molecule has 9 nitrogen and oxygen atoms in total. The molecule has 1 saturated carbocycles. The SMILES string of the molecule is CN(C)C/C=C/C(O)NC1CCC(n2nc(-c3ccc(Oc4ccccc4)cc3)c3c(N)ncnc32)CC1. The topological polar surface area (TPSA) is 114 Å². The molecule has 4 N–H and O–H groups in total. The molecule has 2 aromatic carbocycles. The molecule has 38 heavy (non-hydrogen) atoms. The second-order valence-electron chi connectivity index (χ2n) is 10.00. The van der Waals surface area contributed by atoms with E-state index in [1.165, 1.54) is 6.33 Å². The van der Waals surface area contributed by atoms with E-state index in [1.54, 1.807) is 0 Å². The Morgan fingerprint density at radius 1 is 1.05 bits per heavy atom. The van der Waals surface area contributed by atoms with Gasteiger partial charge in [-0.2, -0.15) is 5.10 Å². The van der Waals surface area contributed by atoms with Crippen LogP contribution in [0.4, 0.5) is 5.82 Å². The monoisotopic (exact) mass is 513 g/mol. The molecule has 4 aromatic rings. The Labute approximate surface area is 223 Å². The van der Waals surface area contributed by atoms with Crippen molar-refractivity contribution >= 4 is 16.9 Å². The fourth-order valence-electron chi connectivity index (χ4n) is 4.94. The highest BCUT2D eigenvalue weighted by atomic mass is 16.5. The van der Waals surface area contributed by atoms with E-state index in [0.717, 1.165) is 66.0 Å². The maximum Gasteiger partial charge on any atom is 0.164 e. The number of para-hydroxylation sites is 1. The Morgan fingerprint density at radius 3 is 2.47 bits per heavy atom. The van der Waals surface area contributed by atoms with E-state index in [-0.39, 0.29) is 12.1 Å². The Hall–Kier alpha value is -3.79. The number of nitrogens with one attached hydrogen (secondary N) is 1. The maximum atomic E-state index is 10.3. The van der Waals surface area contributed by atoms with Gasteiger partial charge in [0.2, 0.25) is 0 Å². The van der Waals surface area contributed by atoms with Gasteiger partial charge in [0.25, 0.3) is 0 Å². The van der Waals surface area contributed by atoms with Gasteiger partial charge < -0.3 is 20.5 Å². The number of fused-ring (bicyclic) bond motifs is 1. The molecule has 0 aliphatic heterocycles. The summed E-state index contributed by atoms with van der Waals surface area (Å²) in [6.07, 6.45) is 8.37. The van der Waals surface area contributed by atoms with Gasteiger partial charge in [0.1, 0.15) is 35.6 Å². The zero-order chi connectivity index (χ0) is 26.5. The Bertz CT molecular complexity index is 1360. The number of rotatable bonds is 9. The molecule has 2 aromatic heterocycles. The lowest BCUT2D eigenvalue weighted by Gasteiger charge is -2.30. The van der Waals surface area contributed by atoms with Crippen LogP contribution in [-0.4, -0.2) is 62.7 Å². The van der Waals surface area contributed by atoms with Gasteiger partial charge in [0.05, 0.1) is 11.4 Å². The number of aromatic nitrogens is 4. The third-order valence-electron chi connectivity index (χ3n) is 6.86. The molecule has 1 unspecified atom stereocenters. The van der Waals surface area contributed by atoms with Crippen molar-refractivity contribution in [3.63, 3.8) is 0 Å². The lowest BCUT2D eigenvalue weighted by molar-refractivity contribution is 0.146. The summed E-state index contributed by atoms with van der Waals surface area (Å²) in [5.74, 6) is 1.95. The molecule has 1 fully saturated rings. The number of ether oxygens (including phenoxy) is 1.